The number of rotatable bonds is 6. The smallest absolute Gasteiger partial charge is 0.303 e. The Kier molecular flexibility index (Phi) is 5.47. The molecule has 0 aliphatic rings. The number of carboxylic acids is 1. The lowest BCUT2D eigenvalue weighted by molar-refractivity contribution is -0.136. The minimum Gasteiger partial charge on any atom is -0.481 e. The lowest BCUT2D eigenvalue weighted by Gasteiger charge is -2.08. The topological polar surface area (TPSA) is 99.0 Å². The number of amides is 1. The van der Waals surface area contributed by atoms with Crippen LogP contribution < -0.4 is 5.32 Å². The molecule has 0 spiro atoms. The van der Waals surface area contributed by atoms with Crippen molar-refractivity contribution in [2.75, 3.05) is 5.32 Å². The summed E-state index contributed by atoms with van der Waals surface area (Å²) in [4.78, 5) is 23.1. The van der Waals surface area contributed by atoms with Crippen molar-refractivity contribution in [1.82, 2.24) is 0 Å². The number of carbonyl (C=O) groups excluding carboxylic acids is 1. The van der Waals surface area contributed by atoms with Crippen LogP contribution in [0.25, 0.3) is 10.8 Å². The molecule has 0 aromatic heterocycles. The van der Waals surface area contributed by atoms with E-state index in [1.165, 1.54) is 0 Å². The Morgan fingerprint density at radius 1 is 0.852 bits per heavy atom. The number of nitrogens with one attached hydrogen (secondary N) is 1. The first-order valence-corrected chi connectivity index (χ1v) is 8.40. The number of oxime groups is 1. The summed E-state index contributed by atoms with van der Waals surface area (Å²) in [6, 6.07) is 20.0. The van der Waals surface area contributed by atoms with Crippen molar-refractivity contribution in [3.05, 3.63) is 77.9 Å². The van der Waals surface area contributed by atoms with Crippen molar-refractivity contribution < 1.29 is 19.9 Å². The molecule has 0 unspecified atom stereocenters. The van der Waals surface area contributed by atoms with Crippen LogP contribution in [0.15, 0.2) is 71.9 Å². The van der Waals surface area contributed by atoms with Crippen LogP contribution in [-0.2, 0) is 4.79 Å². The summed E-state index contributed by atoms with van der Waals surface area (Å²) in [6.45, 7) is 0. The number of aliphatic carboxylic acids is 1. The molecule has 136 valence electrons. The van der Waals surface area contributed by atoms with Crippen LogP contribution in [0.1, 0.15) is 28.8 Å². The van der Waals surface area contributed by atoms with Gasteiger partial charge in [0, 0.05) is 17.7 Å². The Balaban J connectivity index is 1.71. The second-order valence-corrected chi connectivity index (χ2v) is 6.03. The summed E-state index contributed by atoms with van der Waals surface area (Å²) in [5, 5.41) is 25.8. The van der Waals surface area contributed by atoms with Crippen LogP contribution >= 0.6 is 0 Å². The summed E-state index contributed by atoms with van der Waals surface area (Å²) in [7, 11) is 0. The fourth-order valence-corrected chi connectivity index (χ4v) is 2.76. The normalized spacial score (nSPS) is 11.3. The van der Waals surface area contributed by atoms with Crippen molar-refractivity contribution in [3.8, 4) is 0 Å². The summed E-state index contributed by atoms with van der Waals surface area (Å²) in [6.07, 6.45) is -0.00548. The van der Waals surface area contributed by atoms with E-state index in [0.717, 1.165) is 10.8 Å². The maximum atomic E-state index is 12.5. The number of nitrogens with zero attached hydrogens (tertiary/aromatic N) is 1. The van der Waals surface area contributed by atoms with Gasteiger partial charge in [-0.15, -0.1) is 0 Å². The van der Waals surface area contributed by atoms with E-state index in [0.29, 0.717) is 16.8 Å². The quantitative estimate of drug-likeness (QED) is 0.349. The molecule has 6 nitrogen and oxygen atoms in total. The highest BCUT2D eigenvalue weighted by molar-refractivity contribution is 6.07. The zero-order chi connectivity index (χ0) is 19.2. The number of carboxylic acid groups (broad SMARTS) is 1. The van der Waals surface area contributed by atoms with E-state index in [4.69, 9.17) is 10.3 Å². The Morgan fingerprint density at radius 2 is 1.52 bits per heavy atom. The molecule has 6 heteroatoms. The lowest BCUT2D eigenvalue weighted by Crippen LogP contribution is -2.12. The molecule has 27 heavy (non-hydrogen) atoms. The van der Waals surface area contributed by atoms with Gasteiger partial charge in [-0.25, -0.2) is 0 Å². The van der Waals surface area contributed by atoms with Crippen LogP contribution in [0.3, 0.4) is 0 Å². The van der Waals surface area contributed by atoms with E-state index in [1.807, 2.05) is 36.4 Å². The van der Waals surface area contributed by atoms with Crippen molar-refractivity contribution in [3.63, 3.8) is 0 Å². The first-order valence-electron chi connectivity index (χ1n) is 8.40. The zero-order valence-corrected chi connectivity index (χ0v) is 14.4. The average Bonchev–Trinajstić information content (AvgIpc) is 2.69. The Morgan fingerprint density at radius 3 is 2.19 bits per heavy atom. The first-order chi connectivity index (χ1) is 13.1. The van der Waals surface area contributed by atoms with Crippen molar-refractivity contribution >= 4 is 34.0 Å². The standard InChI is InChI=1S/C21H18N2O4/c24-20(25)12-11-19(23-27)15-7-9-18(10-8-15)22-21(26)17-6-5-14-3-1-2-4-16(14)13-17/h1-10,13,27H,11-12H2,(H,22,26)(H,24,25)/b23-19-. The van der Waals surface area contributed by atoms with Crippen molar-refractivity contribution in [2.24, 2.45) is 5.16 Å². The predicted molar refractivity (Wildman–Crippen MR) is 104 cm³/mol. The third kappa shape index (κ3) is 4.49. The largest absolute Gasteiger partial charge is 0.481 e. The maximum Gasteiger partial charge on any atom is 0.303 e. The second-order valence-electron chi connectivity index (χ2n) is 6.03. The SMILES string of the molecule is O=C(O)CC/C(=N/O)c1ccc(NC(=O)c2ccc3ccccc3c2)cc1. The average molecular weight is 362 g/mol. The Hall–Kier alpha value is -3.67. The molecule has 0 aliphatic carbocycles. The van der Waals surface area contributed by atoms with Crippen LogP contribution in [0, 0.1) is 0 Å². The number of hydrogen-bond donors (Lipinski definition) is 3. The van der Waals surface area contributed by atoms with Gasteiger partial charge < -0.3 is 15.6 Å². The summed E-state index contributed by atoms with van der Waals surface area (Å²) in [5.74, 6) is -1.19. The van der Waals surface area contributed by atoms with Crippen LogP contribution in [0.5, 0.6) is 0 Å². The minimum atomic E-state index is -0.963. The van der Waals surface area contributed by atoms with Gasteiger partial charge in [-0.2, -0.15) is 0 Å². The molecular weight excluding hydrogens is 344 g/mol. The number of fused-ring (bicyclic) bond motifs is 1. The molecule has 0 aliphatic heterocycles. The molecule has 0 radical (unpaired) electrons. The Bertz CT molecular complexity index is 1010. The highest BCUT2D eigenvalue weighted by Crippen LogP contribution is 2.18. The molecule has 0 heterocycles. The van der Waals surface area contributed by atoms with E-state index in [9.17, 15) is 9.59 Å². The van der Waals surface area contributed by atoms with Gasteiger partial charge >= 0.3 is 5.97 Å². The Labute approximate surface area is 155 Å². The van der Waals surface area contributed by atoms with Gasteiger partial charge in [-0.1, -0.05) is 47.6 Å². The van der Waals surface area contributed by atoms with Crippen molar-refractivity contribution in [2.45, 2.75) is 12.8 Å². The van der Waals surface area contributed by atoms with E-state index in [1.54, 1.807) is 30.3 Å². The van der Waals surface area contributed by atoms with E-state index in [2.05, 4.69) is 10.5 Å². The molecule has 0 saturated heterocycles. The van der Waals surface area contributed by atoms with Crippen LogP contribution in [-0.4, -0.2) is 27.9 Å². The van der Waals surface area contributed by atoms with Gasteiger partial charge in [0.1, 0.15) is 0 Å². The van der Waals surface area contributed by atoms with Crippen LogP contribution in [0.2, 0.25) is 0 Å². The van der Waals surface area contributed by atoms with Gasteiger partial charge in [0.2, 0.25) is 0 Å². The molecule has 0 fully saturated rings. The molecule has 1 amide bonds. The maximum absolute atomic E-state index is 12.5. The summed E-state index contributed by atoms with van der Waals surface area (Å²) in [5.41, 5.74) is 2.02. The van der Waals surface area contributed by atoms with Gasteiger partial charge in [0.25, 0.3) is 5.91 Å². The van der Waals surface area contributed by atoms with Crippen LogP contribution in [0.4, 0.5) is 5.69 Å². The van der Waals surface area contributed by atoms with Gasteiger partial charge in [-0.05, 0) is 40.6 Å². The monoisotopic (exact) mass is 362 g/mol. The second kappa shape index (κ2) is 8.14. The zero-order valence-electron chi connectivity index (χ0n) is 14.4. The summed E-state index contributed by atoms with van der Waals surface area (Å²) < 4.78 is 0. The summed E-state index contributed by atoms with van der Waals surface area (Å²) >= 11 is 0. The van der Waals surface area contributed by atoms with E-state index < -0.39 is 5.97 Å². The number of benzene rings is 3. The molecule has 3 aromatic carbocycles. The fourth-order valence-electron chi connectivity index (χ4n) is 2.76. The number of hydrogen-bond acceptors (Lipinski definition) is 4. The predicted octanol–water partition coefficient (Wildman–Crippen LogP) is 4.14. The molecule has 3 rings (SSSR count). The minimum absolute atomic E-state index is 0.120. The fraction of sp³-hybridized carbons (Fsp3) is 0.0952. The van der Waals surface area contributed by atoms with Gasteiger partial charge in [0.15, 0.2) is 0 Å². The number of anilines is 1. The third-order valence-corrected chi connectivity index (χ3v) is 4.18. The molecular formula is C21H18N2O4. The lowest BCUT2D eigenvalue weighted by atomic mass is 10.0. The molecule has 0 saturated carbocycles. The first kappa shape index (κ1) is 18.1. The van der Waals surface area contributed by atoms with Gasteiger partial charge in [-0.3, -0.25) is 9.59 Å². The van der Waals surface area contributed by atoms with Crippen molar-refractivity contribution in [1.29, 1.82) is 0 Å². The third-order valence-electron chi connectivity index (χ3n) is 4.18. The highest BCUT2D eigenvalue weighted by atomic mass is 16.4. The van der Waals surface area contributed by atoms with E-state index >= 15 is 0 Å². The van der Waals surface area contributed by atoms with Gasteiger partial charge in [0.05, 0.1) is 12.1 Å². The highest BCUT2D eigenvalue weighted by Gasteiger charge is 2.10. The molecule has 3 N–H and O–H groups in total. The molecule has 3 aromatic rings. The molecule has 0 bridgehead atoms. The number of carbonyl (C=O) groups is 2. The van der Waals surface area contributed by atoms with E-state index in [-0.39, 0.29) is 24.5 Å². The molecule has 0 atom stereocenters.